The van der Waals surface area contributed by atoms with Gasteiger partial charge in [-0.2, -0.15) is 0 Å². The van der Waals surface area contributed by atoms with E-state index in [0.717, 1.165) is 21.0 Å². The Balaban J connectivity index is 1.86. The van der Waals surface area contributed by atoms with Gasteiger partial charge in [0, 0.05) is 18.5 Å². The lowest BCUT2D eigenvalue weighted by Gasteiger charge is -2.35. The van der Waals surface area contributed by atoms with Gasteiger partial charge in [-0.05, 0) is 81.1 Å². The number of aryl methyl sites for hydroxylation is 2. The van der Waals surface area contributed by atoms with Gasteiger partial charge in [-0.3, -0.25) is 13.9 Å². The highest BCUT2D eigenvalue weighted by atomic mass is 35.5. The lowest BCUT2D eigenvalue weighted by molar-refractivity contribution is -0.140. The SMILES string of the molecule is CCc1ccccc1N(CC(=O)N(Cc1ccc(Cl)c(Cl)c1)[C@@H](Cc1ccccc1)C(=O)NC(C)(C)C)S(=O)(=O)c1ccc(C)cc1. The summed E-state index contributed by atoms with van der Waals surface area (Å²) in [6.45, 7) is 8.86. The minimum atomic E-state index is -4.20. The van der Waals surface area contributed by atoms with Crippen LogP contribution in [0.4, 0.5) is 5.69 Å². The first kappa shape index (κ1) is 36.0. The Bertz CT molecular complexity index is 1810. The number of carbonyl (C=O) groups excluding carboxylic acids is 2. The number of benzene rings is 4. The van der Waals surface area contributed by atoms with Crippen LogP contribution in [0.1, 0.15) is 49.9 Å². The molecule has 0 saturated heterocycles. The van der Waals surface area contributed by atoms with Gasteiger partial charge in [0.1, 0.15) is 12.6 Å². The van der Waals surface area contributed by atoms with Crippen LogP contribution < -0.4 is 9.62 Å². The van der Waals surface area contributed by atoms with Crippen LogP contribution in [0.25, 0.3) is 0 Å². The van der Waals surface area contributed by atoms with Gasteiger partial charge in [0.25, 0.3) is 10.0 Å². The minimum absolute atomic E-state index is 0.0152. The van der Waals surface area contributed by atoms with Crippen molar-refractivity contribution in [2.75, 3.05) is 10.8 Å². The molecule has 248 valence electrons. The molecule has 0 fully saturated rings. The zero-order valence-corrected chi connectivity index (χ0v) is 29.7. The average molecular weight is 695 g/mol. The number of nitrogens with zero attached hydrogens (tertiary/aromatic N) is 2. The maximum Gasteiger partial charge on any atom is 0.264 e. The standard InChI is InChI=1S/C37H41Cl2N3O4S/c1-6-29-14-10-11-15-33(29)42(47(45,46)30-19-16-26(2)17-20-30)25-35(43)41(24-28-18-21-31(38)32(39)22-28)34(36(44)40-37(3,4)5)23-27-12-8-7-9-13-27/h7-22,34H,6,23-25H2,1-5H3,(H,40,44)/t34-/m0/s1. The normalized spacial score (nSPS) is 12.3. The highest BCUT2D eigenvalue weighted by molar-refractivity contribution is 7.92. The average Bonchev–Trinajstić information content (AvgIpc) is 3.03. The van der Waals surface area contributed by atoms with Crippen LogP contribution in [-0.4, -0.2) is 43.3 Å². The second-order valence-corrected chi connectivity index (χ2v) is 15.2. The second-order valence-electron chi connectivity index (χ2n) is 12.5. The number of hydrogen-bond acceptors (Lipinski definition) is 4. The van der Waals surface area contributed by atoms with Crippen molar-refractivity contribution < 1.29 is 18.0 Å². The number of hydrogen-bond donors (Lipinski definition) is 1. The highest BCUT2D eigenvalue weighted by Gasteiger charge is 2.36. The molecule has 0 saturated carbocycles. The Morgan fingerprint density at radius 3 is 2.09 bits per heavy atom. The fourth-order valence-electron chi connectivity index (χ4n) is 5.25. The molecule has 4 aromatic carbocycles. The number of para-hydroxylation sites is 1. The molecule has 0 spiro atoms. The first-order chi connectivity index (χ1) is 22.2. The molecular formula is C37H41Cl2N3O4S. The molecule has 0 heterocycles. The van der Waals surface area contributed by atoms with E-state index in [0.29, 0.717) is 27.7 Å². The van der Waals surface area contributed by atoms with Crippen molar-refractivity contribution in [2.24, 2.45) is 0 Å². The van der Waals surface area contributed by atoms with Crippen LogP contribution >= 0.6 is 23.2 Å². The third kappa shape index (κ3) is 9.37. The second kappa shape index (κ2) is 15.4. The molecule has 10 heteroatoms. The topological polar surface area (TPSA) is 86.8 Å². The van der Waals surface area contributed by atoms with Gasteiger partial charge < -0.3 is 10.2 Å². The van der Waals surface area contributed by atoms with Gasteiger partial charge in [-0.25, -0.2) is 8.42 Å². The monoisotopic (exact) mass is 693 g/mol. The molecule has 0 unspecified atom stereocenters. The van der Waals surface area contributed by atoms with Crippen LogP contribution in [0.15, 0.2) is 102 Å². The number of nitrogens with one attached hydrogen (secondary N) is 1. The molecule has 0 aliphatic rings. The Morgan fingerprint density at radius 2 is 1.47 bits per heavy atom. The summed E-state index contributed by atoms with van der Waals surface area (Å²) < 4.78 is 29.8. The Hall–Kier alpha value is -3.85. The van der Waals surface area contributed by atoms with Gasteiger partial charge in [0.15, 0.2) is 0 Å². The molecule has 0 aliphatic carbocycles. The third-order valence-electron chi connectivity index (χ3n) is 7.64. The third-order valence-corrected chi connectivity index (χ3v) is 10.1. The van der Waals surface area contributed by atoms with E-state index in [1.54, 1.807) is 54.6 Å². The predicted octanol–water partition coefficient (Wildman–Crippen LogP) is 7.61. The van der Waals surface area contributed by atoms with Gasteiger partial charge in [0.05, 0.1) is 20.6 Å². The van der Waals surface area contributed by atoms with E-state index in [9.17, 15) is 18.0 Å². The number of sulfonamides is 1. The van der Waals surface area contributed by atoms with Crippen LogP contribution in [0.5, 0.6) is 0 Å². The maximum absolute atomic E-state index is 14.7. The van der Waals surface area contributed by atoms with Gasteiger partial charge in [-0.15, -0.1) is 0 Å². The van der Waals surface area contributed by atoms with E-state index in [-0.39, 0.29) is 23.8 Å². The molecular weight excluding hydrogens is 653 g/mol. The molecule has 0 aliphatic heterocycles. The summed E-state index contributed by atoms with van der Waals surface area (Å²) in [4.78, 5) is 30.2. The van der Waals surface area contributed by atoms with Gasteiger partial charge in [-0.1, -0.05) is 102 Å². The Labute approximate surface area is 288 Å². The van der Waals surface area contributed by atoms with Crippen molar-refractivity contribution in [3.8, 4) is 0 Å². The summed E-state index contributed by atoms with van der Waals surface area (Å²) >= 11 is 12.6. The fraction of sp³-hybridized carbons (Fsp3) is 0.297. The quantitative estimate of drug-likeness (QED) is 0.165. The van der Waals surface area contributed by atoms with E-state index in [1.165, 1.54) is 4.90 Å². The van der Waals surface area contributed by atoms with Crippen molar-refractivity contribution in [1.29, 1.82) is 0 Å². The first-order valence-corrected chi connectivity index (χ1v) is 17.7. The Kier molecular flexibility index (Phi) is 11.8. The molecule has 2 amide bonds. The number of carbonyl (C=O) groups is 2. The van der Waals surface area contributed by atoms with E-state index in [4.69, 9.17) is 23.2 Å². The first-order valence-electron chi connectivity index (χ1n) is 15.5. The summed E-state index contributed by atoms with van der Waals surface area (Å²) in [5, 5.41) is 3.69. The lowest BCUT2D eigenvalue weighted by Crippen LogP contribution is -2.56. The Morgan fingerprint density at radius 1 is 0.830 bits per heavy atom. The smallest absolute Gasteiger partial charge is 0.264 e. The van der Waals surface area contributed by atoms with Crippen LogP contribution in [0.3, 0.4) is 0 Å². The molecule has 1 N–H and O–H groups in total. The molecule has 0 bridgehead atoms. The largest absolute Gasteiger partial charge is 0.350 e. The van der Waals surface area contributed by atoms with Crippen LogP contribution in [0.2, 0.25) is 10.0 Å². The van der Waals surface area contributed by atoms with E-state index >= 15 is 0 Å². The number of amides is 2. The summed E-state index contributed by atoms with van der Waals surface area (Å²) in [6.07, 6.45) is 0.744. The maximum atomic E-state index is 14.7. The summed E-state index contributed by atoms with van der Waals surface area (Å²) in [5.74, 6) is -0.917. The minimum Gasteiger partial charge on any atom is -0.350 e. The van der Waals surface area contributed by atoms with Crippen LogP contribution in [0, 0.1) is 6.92 Å². The molecule has 0 radical (unpaired) electrons. The molecule has 1 atom stereocenters. The van der Waals surface area contributed by atoms with Gasteiger partial charge >= 0.3 is 0 Å². The van der Waals surface area contributed by atoms with Crippen LogP contribution in [-0.2, 0) is 39.0 Å². The lowest BCUT2D eigenvalue weighted by atomic mass is 10.0. The van der Waals surface area contributed by atoms with E-state index in [2.05, 4.69) is 5.32 Å². The van der Waals surface area contributed by atoms with E-state index in [1.807, 2.05) is 77.1 Å². The fourth-order valence-corrected chi connectivity index (χ4v) is 7.02. The highest BCUT2D eigenvalue weighted by Crippen LogP contribution is 2.29. The van der Waals surface area contributed by atoms with Crippen molar-refractivity contribution >= 4 is 50.7 Å². The zero-order chi connectivity index (χ0) is 34.4. The number of anilines is 1. The molecule has 4 aromatic rings. The van der Waals surface area contributed by atoms with Crippen molar-refractivity contribution in [2.45, 2.75) is 70.5 Å². The molecule has 0 aromatic heterocycles. The summed E-state index contributed by atoms with van der Waals surface area (Å²) in [7, 11) is -4.20. The van der Waals surface area contributed by atoms with Gasteiger partial charge in [0.2, 0.25) is 11.8 Å². The summed E-state index contributed by atoms with van der Waals surface area (Å²) in [5.41, 5.74) is 2.95. The zero-order valence-electron chi connectivity index (χ0n) is 27.3. The number of halogens is 2. The van der Waals surface area contributed by atoms with Crippen molar-refractivity contribution in [3.63, 3.8) is 0 Å². The summed E-state index contributed by atoms with van der Waals surface area (Å²) in [6, 6.07) is 27.1. The predicted molar refractivity (Wildman–Crippen MR) is 190 cm³/mol. The molecule has 7 nitrogen and oxygen atoms in total. The molecule has 4 rings (SSSR count). The van der Waals surface area contributed by atoms with Crippen molar-refractivity contribution in [3.05, 3.63) is 129 Å². The van der Waals surface area contributed by atoms with E-state index < -0.39 is 34.1 Å². The molecule has 47 heavy (non-hydrogen) atoms. The van der Waals surface area contributed by atoms with Crippen molar-refractivity contribution in [1.82, 2.24) is 10.2 Å². The number of rotatable bonds is 12.